The Morgan fingerprint density at radius 3 is 2.92 bits per heavy atom. The standard InChI is InChI=1S/C8H7FN2O2/c1-2-7-6(9)3-5(4-11-7)13-8(10)12/h2-4H,1H2,(H2,10,12). The molecule has 0 aliphatic rings. The van der Waals surface area contributed by atoms with Crippen molar-refractivity contribution >= 4 is 12.2 Å². The number of aromatic nitrogens is 1. The van der Waals surface area contributed by atoms with Gasteiger partial charge in [-0.3, -0.25) is 0 Å². The van der Waals surface area contributed by atoms with Gasteiger partial charge in [0.1, 0.15) is 0 Å². The van der Waals surface area contributed by atoms with E-state index in [9.17, 15) is 9.18 Å². The minimum Gasteiger partial charge on any atom is -0.409 e. The average molecular weight is 182 g/mol. The molecular formula is C8H7FN2O2. The van der Waals surface area contributed by atoms with Gasteiger partial charge in [-0.15, -0.1) is 0 Å². The molecule has 1 aromatic rings. The molecule has 0 aliphatic carbocycles. The molecule has 0 bridgehead atoms. The number of pyridine rings is 1. The first-order chi connectivity index (χ1) is 6.13. The predicted molar refractivity (Wildman–Crippen MR) is 44.5 cm³/mol. The van der Waals surface area contributed by atoms with Crippen LogP contribution in [0.5, 0.6) is 5.75 Å². The highest BCUT2D eigenvalue weighted by molar-refractivity contribution is 5.67. The monoisotopic (exact) mass is 182 g/mol. The molecule has 1 aromatic heterocycles. The second-order valence-corrected chi connectivity index (χ2v) is 2.16. The van der Waals surface area contributed by atoms with E-state index in [1.165, 1.54) is 12.3 Å². The van der Waals surface area contributed by atoms with E-state index in [1.54, 1.807) is 0 Å². The summed E-state index contributed by atoms with van der Waals surface area (Å²) in [6.07, 6.45) is 1.43. The molecule has 13 heavy (non-hydrogen) atoms. The fourth-order valence-corrected chi connectivity index (χ4v) is 0.753. The molecule has 0 saturated heterocycles. The van der Waals surface area contributed by atoms with Gasteiger partial charge in [0.15, 0.2) is 11.6 Å². The number of primary amides is 1. The van der Waals surface area contributed by atoms with E-state index in [1.807, 2.05) is 0 Å². The molecular weight excluding hydrogens is 175 g/mol. The normalized spacial score (nSPS) is 9.31. The summed E-state index contributed by atoms with van der Waals surface area (Å²) < 4.78 is 17.3. The summed E-state index contributed by atoms with van der Waals surface area (Å²) in [4.78, 5) is 13.9. The molecule has 1 rings (SSSR count). The van der Waals surface area contributed by atoms with Crippen LogP contribution in [0.15, 0.2) is 18.8 Å². The predicted octanol–water partition coefficient (Wildman–Crippen LogP) is 1.32. The molecule has 4 nitrogen and oxygen atoms in total. The van der Waals surface area contributed by atoms with Gasteiger partial charge in [-0.25, -0.2) is 14.2 Å². The molecule has 1 heterocycles. The number of hydrogen-bond donors (Lipinski definition) is 1. The van der Waals surface area contributed by atoms with Crippen molar-refractivity contribution in [1.82, 2.24) is 4.98 Å². The van der Waals surface area contributed by atoms with Crippen LogP contribution in [0, 0.1) is 5.82 Å². The number of ether oxygens (including phenoxy) is 1. The van der Waals surface area contributed by atoms with Crippen LogP contribution in [0.4, 0.5) is 9.18 Å². The number of carbonyl (C=O) groups excluding carboxylic acids is 1. The van der Waals surface area contributed by atoms with Crippen LogP contribution in [0.2, 0.25) is 0 Å². The molecule has 0 atom stereocenters. The van der Waals surface area contributed by atoms with Crippen LogP contribution >= 0.6 is 0 Å². The lowest BCUT2D eigenvalue weighted by molar-refractivity contribution is 0.210. The van der Waals surface area contributed by atoms with E-state index < -0.39 is 11.9 Å². The maximum atomic E-state index is 12.9. The van der Waals surface area contributed by atoms with Gasteiger partial charge in [-0.2, -0.15) is 0 Å². The van der Waals surface area contributed by atoms with Crippen LogP contribution in [0.1, 0.15) is 5.69 Å². The Bertz CT molecular complexity index is 352. The number of rotatable bonds is 2. The lowest BCUT2D eigenvalue weighted by Gasteiger charge is -2.00. The van der Waals surface area contributed by atoms with E-state index in [4.69, 9.17) is 5.73 Å². The molecule has 0 unspecified atom stereocenters. The third kappa shape index (κ3) is 2.26. The van der Waals surface area contributed by atoms with E-state index in [2.05, 4.69) is 16.3 Å². The van der Waals surface area contributed by atoms with Crippen LogP contribution in [-0.2, 0) is 0 Å². The maximum absolute atomic E-state index is 12.9. The summed E-state index contributed by atoms with van der Waals surface area (Å²) >= 11 is 0. The van der Waals surface area contributed by atoms with Gasteiger partial charge in [0.2, 0.25) is 0 Å². The van der Waals surface area contributed by atoms with E-state index >= 15 is 0 Å². The zero-order chi connectivity index (χ0) is 9.84. The van der Waals surface area contributed by atoms with Gasteiger partial charge in [0.25, 0.3) is 0 Å². The van der Waals surface area contributed by atoms with Crippen molar-refractivity contribution in [2.24, 2.45) is 5.73 Å². The fraction of sp³-hybridized carbons (Fsp3) is 0. The van der Waals surface area contributed by atoms with Crippen LogP contribution in [0.3, 0.4) is 0 Å². The minimum atomic E-state index is -1.01. The van der Waals surface area contributed by atoms with Gasteiger partial charge in [-0.1, -0.05) is 6.58 Å². The lowest BCUT2D eigenvalue weighted by Crippen LogP contribution is -2.16. The van der Waals surface area contributed by atoms with Gasteiger partial charge >= 0.3 is 6.09 Å². The van der Waals surface area contributed by atoms with Crippen LogP contribution < -0.4 is 10.5 Å². The summed E-state index contributed by atoms with van der Waals surface area (Å²) in [5.41, 5.74) is 4.81. The Kier molecular flexibility index (Phi) is 2.59. The zero-order valence-corrected chi connectivity index (χ0v) is 6.66. The second-order valence-electron chi connectivity index (χ2n) is 2.16. The fourth-order valence-electron chi connectivity index (χ4n) is 0.753. The summed E-state index contributed by atoms with van der Waals surface area (Å²) in [5.74, 6) is -0.649. The topological polar surface area (TPSA) is 65.2 Å². The molecule has 0 fully saturated rings. The zero-order valence-electron chi connectivity index (χ0n) is 6.66. The summed E-state index contributed by atoms with van der Waals surface area (Å²) in [6.45, 7) is 3.35. The molecule has 2 N–H and O–H groups in total. The Balaban J connectivity index is 2.95. The summed E-state index contributed by atoms with van der Waals surface area (Å²) in [5, 5.41) is 0. The quantitative estimate of drug-likeness (QED) is 0.750. The smallest absolute Gasteiger partial charge is 0.409 e. The molecule has 0 radical (unpaired) electrons. The van der Waals surface area contributed by atoms with Gasteiger partial charge in [0.05, 0.1) is 11.9 Å². The number of amides is 1. The van der Waals surface area contributed by atoms with Crippen molar-refractivity contribution in [2.75, 3.05) is 0 Å². The highest BCUT2D eigenvalue weighted by Gasteiger charge is 2.04. The largest absolute Gasteiger partial charge is 0.410 e. The Labute approximate surface area is 73.8 Å². The molecule has 68 valence electrons. The Morgan fingerprint density at radius 1 is 1.77 bits per heavy atom. The van der Waals surface area contributed by atoms with Gasteiger partial charge in [0, 0.05) is 6.07 Å². The van der Waals surface area contributed by atoms with Crippen molar-refractivity contribution in [3.63, 3.8) is 0 Å². The number of halogens is 1. The molecule has 0 spiro atoms. The van der Waals surface area contributed by atoms with E-state index in [-0.39, 0.29) is 11.4 Å². The van der Waals surface area contributed by atoms with Crippen molar-refractivity contribution in [3.8, 4) is 5.75 Å². The second kappa shape index (κ2) is 3.66. The Hall–Kier alpha value is -1.91. The van der Waals surface area contributed by atoms with Crippen molar-refractivity contribution in [1.29, 1.82) is 0 Å². The van der Waals surface area contributed by atoms with Gasteiger partial charge < -0.3 is 10.5 Å². The van der Waals surface area contributed by atoms with Crippen molar-refractivity contribution in [3.05, 3.63) is 30.4 Å². The van der Waals surface area contributed by atoms with Crippen LogP contribution in [0.25, 0.3) is 6.08 Å². The summed E-state index contributed by atoms with van der Waals surface area (Å²) in [6, 6.07) is 1.01. The average Bonchev–Trinajstić information content (AvgIpc) is 2.03. The van der Waals surface area contributed by atoms with Crippen molar-refractivity contribution < 1.29 is 13.9 Å². The first kappa shape index (κ1) is 9.18. The van der Waals surface area contributed by atoms with Crippen molar-refractivity contribution in [2.45, 2.75) is 0 Å². The number of carbonyl (C=O) groups is 1. The number of nitrogens with two attached hydrogens (primary N) is 1. The highest BCUT2D eigenvalue weighted by atomic mass is 19.1. The van der Waals surface area contributed by atoms with E-state index in [0.717, 1.165) is 6.07 Å². The third-order valence-corrected chi connectivity index (χ3v) is 1.26. The SMILES string of the molecule is C=Cc1ncc(OC(N)=O)cc1F. The lowest BCUT2D eigenvalue weighted by atomic mass is 10.3. The minimum absolute atomic E-state index is 0.0319. The number of hydrogen-bond acceptors (Lipinski definition) is 3. The first-order valence-corrected chi connectivity index (χ1v) is 3.38. The first-order valence-electron chi connectivity index (χ1n) is 3.38. The molecule has 0 aromatic carbocycles. The molecule has 0 saturated carbocycles. The number of nitrogens with zero attached hydrogens (tertiary/aromatic N) is 1. The Morgan fingerprint density at radius 2 is 2.46 bits per heavy atom. The molecule has 5 heteroatoms. The third-order valence-electron chi connectivity index (χ3n) is 1.26. The summed E-state index contributed by atoms with van der Waals surface area (Å²) in [7, 11) is 0. The molecule has 1 amide bonds. The van der Waals surface area contributed by atoms with E-state index in [0.29, 0.717) is 0 Å². The van der Waals surface area contributed by atoms with Crippen LogP contribution in [-0.4, -0.2) is 11.1 Å². The highest BCUT2D eigenvalue weighted by Crippen LogP contribution is 2.14. The maximum Gasteiger partial charge on any atom is 0.410 e. The molecule has 0 aliphatic heterocycles. The van der Waals surface area contributed by atoms with Gasteiger partial charge in [-0.05, 0) is 6.08 Å².